The van der Waals surface area contributed by atoms with Crippen LogP contribution >= 0.6 is 11.8 Å². The van der Waals surface area contributed by atoms with Gasteiger partial charge in [0.05, 0.1) is 6.61 Å². The van der Waals surface area contributed by atoms with Crippen LogP contribution in [0.3, 0.4) is 0 Å². The van der Waals surface area contributed by atoms with Gasteiger partial charge in [-0.25, -0.2) is 0 Å². The lowest BCUT2D eigenvalue weighted by Gasteiger charge is -2.03. The molecule has 2 heteroatoms. The van der Waals surface area contributed by atoms with Gasteiger partial charge in [-0.1, -0.05) is 31.2 Å². The average molecular weight is 208 g/mol. The Labute approximate surface area is 89.8 Å². The molecule has 0 saturated heterocycles. The van der Waals surface area contributed by atoms with E-state index in [-0.39, 0.29) is 6.61 Å². The molecule has 0 aliphatic heterocycles. The molecular weight excluding hydrogens is 192 g/mol. The van der Waals surface area contributed by atoms with E-state index in [0.29, 0.717) is 0 Å². The summed E-state index contributed by atoms with van der Waals surface area (Å²) in [7, 11) is 0. The molecule has 1 aromatic rings. The van der Waals surface area contributed by atoms with Gasteiger partial charge in [-0.15, -0.1) is 11.8 Å². The Hall–Kier alpha value is -0.730. The van der Waals surface area contributed by atoms with Crippen molar-refractivity contribution in [2.45, 2.75) is 24.8 Å². The maximum atomic E-state index is 8.86. The number of aliphatic hydroxyl groups is 1. The lowest BCUT2D eigenvalue weighted by Crippen LogP contribution is -1.85. The van der Waals surface area contributed by atoms with Gasteiger partial charge in [-0.3, -0.25) is 0 Å². The van der Waals surface area contributed by atoms with E-state index in [2.05, 4.69) is 13.5 Å². The Kier molecular flexibility index (Phi) is 4.77. The second kappa shape index (κ2) is 5.89. The monoisotopic (exact) mass is 208 g/mol. The zero-order valence-corrected chi connectivity index (χ0v) is 9.31. The van der Waals surface area contributed by atoms with Crippen molar-refractivity contribution >= 4 is 11.8 Å². The number of thioether (sulfide) groups is 1. The Morgan fingerprint density at radius 1 is 1.36 bits per heavy atom. The van der Waals surface area contributed by atoms with Crippen molar-refractivity contribution in [3.63, 3.8) is 0 Å². The minimum atomic E-state index is 0.118. The van der Waals surface area contributed by atoms with Crippen LogP contribution in [-0.2, 0) is 6.61 Å². The van der Waals surface area contributed by atoms with Crippen LogP contribution in [0.5, 0.6) is 0 Å². The summed E-state index contributed by atoms with van der Waals surface area (Å²) in [5.41, 5.74) is 2.23. The molecule has 0 aliphatic carbocycles. The molecule has 76 valence electrons. The summed E-state index contributed by atoms with van der Waals surface area (Å²) < 4.78 is 0. The number of rotatable bonds is 5. The van der Waals surface area contributed by atoms with Crippen LogP contribution in [0.2, 0.25) is 0 Å². The second-order valence-electron chi connectivity index (χ2n) is 3.19. The molecule has 0 heterocycles. The largest absolute Gasteiger partial charge is 0.392 e. The van der Waals surface area contributed by atoms with Crippen molar-refractivity contribution in [1.82, 2.24) is 0 Å². The second-order valence-corrected chi connectivity index (χ2v) is 4.24. The van der Waals surface area contributed by atoms with Crippen LogP contribution in [0.25, 0.3) is 0 Å². The fourth-order valence-corrected chi connectivity index (χ4v) is 1.88. The van der Waals surface area contributed by atoms with E-state index in [0.717, 1.165) is 17.7 Å². The van der Waals surface area contributed by atoms with E-state index in [1.54, 1.807) is 11.8 Å². The Morgan fingerprint density at radius 2 is 2.00 bits per heavy atom. The zero-order valence-electron chi connectivity index (χ0n) is 8.49. The van der Waals surface area contributed by atoms with Gasteiger partial charge in [0.1, 0.15) is 0 Å². The highest BCUT2D eigenvalue weighted by molar-refractivity contribution is 7.99. The van der Waals surface area contributed by atoms with E-state index in [1.165, 1.54) is 10.5 Å². The number of aliphatic hydroxyl groups excluding tert-OH is 1. The van der Waals surface area contributed by atoms with Crippen LogP contribution in [0.15, 0.2) is 41.3 Å². The molecule has 0 radical (unpaired) electrons. The molecule has 0 unspecified atom stereocenters. The quantitative estimate of drug-likeness (QED) is 0.592. The Bertz CT molecular complexity index is 290. The molecule has 0 bridgehead atoms. The third-order valence-electron chi connectivity index (χ3n) is 2.05. The van der Waals surface area contributed by atoms with E-state index < -0.39 is 0 Å². The molecule has 1 rings (SSSR count). The molecule has 0 spiro atoms. The lowest BCUT2D eigenvalue weighted by atomic mass is 10.2. The Balaban J connectivity index is 2.47. The fraction of sp³-hybridized carbons (Fsp3) is 0.333. The van der Waals surface area contributed by atoms with Gasteiger partial charge in [0, 0.05) is 10.6 Å². The van der Waals surface area contributed by atoms with Gasteiger partial charge in [0.2, 0.25) is 0 Å². The zero-order chi connectivity index (χ0) is 10.4. The molecule has 1 aromatic carbocycles. The molecular formula is C12H16OS. The normalized spacial score (nSPS) is 10.1. The summed E-state index contributed by atoms with van der Waals surface area (Å²) in [5.74, 6) is 0.981. The number of benzene rings is 1. The highest BCUT2D eigenvalue weighted by Crippen LogP contribution is 2.21. The highest BCUT2D eigenvalue weighted by atomic mass is 32.2. The van der Waals surface area contributed by atoms with Crippen molar-refractivity contribution in [3.05, 3.63) is 42.0 Å². The van der Waals surface area contributed by atoms with E-state index in [1.807, 2.05) is 24.3 Å². The first-order valence-electron chi connectivity index (χ1n) is 4.75. The predicted octanol–water partition coefficient (Wildman–Crippen LogP) is 3.24. The molecule has 1 nitrogen and oxygen atoms in total. The van der Waals surface area contributed by atoms with E-state index in [9.17, 15) is 0 Å². The molecule has 0 aromatic heterocycles. The summed E-state index contributed by atoms with van der Waals surface area (Å²) >= 11 is 1.79. The maximum Gasteiger partial charge on any atom is 0.0681 e. The van der Waals surface area contributed by atoms with Gasteiger partial charge < -0.3 is 5.11 Å². The fourth-order valence-electron chi connectivity index (χ4n) is 0.979. The van der Waals surface area contributed by atoms with Crippen LogP contribution in [-0.4, -0.2) is 10.9 Å². The molecule has 0 fully saturated rings. The minimum absolute atomic E-state index is 0.118. The highest BCUT2D eigenvalue weighted by Gasteiger charge is 1.96. The molecule has 0 atom stereocenters. The van der Waals surface area contributed by atoms with Crippen LogP contribution < -0.4 is 0 Å². The molecule has 1 N–H and O–H groups in total. The minimum Gasteiger partial charge on any atom is -0.392 e. The van der Waals surface area contributed by atoms with Crippen molar-refractivity contribution < 1.29 is 5.11 Å². The number of hydrogen-bond acceptors (Lipinski definition) is 2. The van der Waals surface area contributed by atoms with Gasteiger partial charge in [-0.05, 0) is 24.1 Å². The topological polar surface area (TPSA) is 20.2 Å². The Morgan fingerprint density at radius 3 is 2.50 bits per heavy atom. The van der Waals surface area contributed by atoms with Gasteiger partial charge >= 0.3 is 0 Å². The SMILES string of the molecule is C=C(CC)CSc1ccc(CO)cc1. The lowest BCUT2D eigenvalue weighted by molar-refractivity contribution is 0.282. The van der Waals surface area contributed by atoms with Crippen molar-refractivity contribution in [2.24, 2.45) is 0 Å². The van der Waals surface area contributed by atoms with Gasteiger partial charge in [-0.2, -0.15) is 0 Å². The van der Waals surface area contributed by atoms with Gasteiger partial charge in [0.15, 0.2) is 0 Å². The summed E-state index contributed by atoms with van der Waals surface area (Å²) in [6.07, 6.45) is 1.04. The molecule has 0 amide bonds. The third kappa shape index (κ3) is 3.56. The van der Waals surface area contributed by atoms with E-state index >= 15 is 0 Å². The van der Waals surface area contributed by atoms with Crippen LogP contribution in [0.1, 0.15) is 18.9 Å². The summed E-state index contributed by atoms with van der Waals surface area (Å²) in [6, 6.07) is 7.99. The predicted molar refractivity (Wildman–Crippen MR) is 62.5 cm³/mol. The standard InChI is InChI=1S/C12H16OS/c1-3-10(2)9-14-12-6-4-11(8-13)5-7-12/h4-7,13H,2-3,8-9H2,1H3. The first-order chi connectivity index (χ1) is 6.76. The van der Waals surface area contributed by atoms with Crippen molar-refractivity contribution in [3.8, 4) is 0 Å². The first kappa shape index (κ1) is 11.3. The molecule has 14 heavy (non-hydrogen) atoms. The van der Waals surface area contributed by atoms with Gasteiger partial charge in [0.25, 0.3) is 0 Å². The smallest absolute Gasteiger partial charge is 0.0681 e. The summed E-state index contributed by atoms with van der Waals surface area (Å²) in [4.78, 5) is 1.23. The van der Waals surface area contributed by atoms with Crippen molar-refractivity contribution in [1.29, 1.82) is 0 Å². The maximum absolute atomic E-state index is 8.86. The van der Waals surface area contributed by atoms with E-state index in [4.69, 9.17) is 5.11 Å². The van der Waals surface area contributed by atoms with Crippen LogP contribution in [0, 0.1) is 0 Å². The van der Waals surface area contributed by atoms with Crippen molar-refractivity contribution in [2.75, 3.05) is 5.75 Å². The van der Waals surface area contributed by atoms with Crippen LogP contribution in [0.4, 0.5) is 0 Å². The molecule has 0 saturated carbocycles. The first-order valence-corrected chi connectivity index (χ1v) is 5.74. The number of hydrogen-bond donors (Lipinski definition) is 1. The third-order valence-corrected chi connectivity index (χ3v) is 3.21. The summed E-state index contributed by atoms with van der Waals surface area (Å²) in [5, 5.41) is 8.86. The average Bonchev–Trinajstić information content (AvgIpc) is 2.26. The summed E-state index contributed by atoms with van der Waals surface area (Å²) in [6.45, 7) is 6.20. The molecule has 0 aliphatic rings.